The van der Waals surface area contributed by atoms with Crippen molar-refractivity contribution in [3.8, 4) is 0 Å². The molecule has 0 aliphatic heterocycles. The van der Waals surface area contributed by atoms with E-state index in [4.69, 9.17) is 9.84 Å². The zero-order valence-electron chi connectivity index (χ0n) is 11.1. The lowest BCUT2D eigenvalue weighted by Gasteiger charge is -2.15. The average molecular weight is 258 g/mol. The molecule has 3 N–H and O–H groups in total. The summed E-state index contributed by atoms with van der Waals surface area (Å²) in [4.78, 5) is 11.3. The van der Waals surface area contributed by atoms with E-state index in [0.29, 0.717) is 32.2 Å². The Morgan fingerprint density at radius 1 is 1.11 bits per heavy atom. The predicted molar refractivity (Wildman–Crippen MR) is 70.5 cm³/mol. The number of aliphatic hydroxyl groups excluding tert-OH is 1. The van der Waals surface area contributed by atoms with Crippen LogP contribution >= 0.6 is 0 Å². The van der Waals surface area contributed by atoms with Crippen LogP contribution in [0.4, 0.5) is 4.79 Å². The van der Waals surface area contributed by atoms with Gasteiger partial charge in [0.25, 0.3) is 0 Å². The first kappa shape index (κ1) is 15.2. The van der Waals surface area contributed by atoms with Crippen molar-refractivity contribution in [3.05, 3.63) is 0 Å². The summed E-state index contributed by atoms with van der Waals surface area (Å²) in [6.45, 7) is 1.73. The van der Waals surface area contributed by atoms with E-state index in [9.17, 15) is 4.79 Å². The number of urea groups is 1. The second-order valence-electron chi connectivity index (χ2n) is 4.74. The van der Waals surface area contributed by atoms with Gasteiger partial charge in [-0.25, -0.2) is 4.79 Å². The van der Waals surface area contributed by atoms with E-state index in [-0.39, 0.29) is 12.6 Å². The monoisotopic (exact) mass is 258 g/mol. The van der Waals surface area contributed by atoms with Crippen LogP contribution in [-0.2, 0) is 4.74 Å². The summed E-state index contributed by atoms with van der Waals surface area (Å²) in [5, 5.41) is 14.0. The molecule has 1 aliphatic rings. The number of nitrogens with one attached hydrogen (secondary N) is 2. The fourth-order valence-electron chi connectivity index (χ4n) is 2.14. The van der Waals surface area contributed by atoms with Crippen LogP contribution in [0.5, 0.6) is 0 Å². The molecule has 0 aromatic carbocycles. The number of hydrogen-bond acceptors (Lipinski definition) is 3. The molecule has 0 saturated heterocycles. The number of rotatable bonds is 7. The van der Waals surface area contributed by atoms with Crippen molar-refractivity contribution in [3.63, 3.8) is 0 Å². The van der Waals surface area contributed by atoms with E-state index in [1.54, 1.807) is 0 Å². The Morgan fingerprint density at radius 3 is 2.44 bits per heavy atom. The fourth-order valence-corrected chi connectivity index (χ4v) is 2.14. The Balaban J connectivity index is 1.95. The molecule has 0 radical (unpaired) electrons. The molecule has 1 saturated carbocycles. The molecular formula is C13H26N2O3. The summed E-state index contributed by atoms with van der Waals surface area (Å²) in [6.07, 6.45) is 8.46. The first-order chi connectivity index (χ1) is 8.83. The van der Waals surface area contributed by atoms with Crippen LogP contribution < -0.4 is 10.6 Å². The van der Waals surface area contributed by atoms with Crippen molar-refractivity contribution in [2.45, 2.75) is 51.0 Å². The summed E-state index contributed by atoms with van der Waals surface area (Å²) in [5.74, 6) is 0. The van der Waals surface area contributed by atoms with Gasteiger partial charge in [0.2, 0.25) is 0 Å². The van der Waals surface area contributed by atoms with Gasteiger partial charge in [0.05, 0.1) is 12.7 Å². The molecule has 0 unspecified atom stereocenters. The quantitative estimate of drug-likeness (QED) is 0.477. The van der Waals surface area contributed by atoms with E-state index >= 15 is 0 Å². The molecule has 18 heavy (non-hydrogen) atoms. The Kier molecular flexibility index (Phi) is 8.59. The van der Waals surface area contributed by atoms with Crippen molar-refractivity contribution in [1.29, 1.82) is 0 Å². The molecule has 1 fully saturated rings. The highest BCUT2D eigenvalue weighted by Crippen LogP contribution is 2.19. The molecule has 1 rings (SSSR count). The van der Waals surface area contributed by atoms with E-state index in [2.05, 4.69) is 10.6 Å². The van der Waals surface area contributed by atoms with Crippen molar-refractivity contribution in [2.75, 3.05) is 26.3 Å². The Morgan fingerprint density at radius 2 is 1.78 bits per heavy atom. The number of carbonyl (C=O) groups is 1. The van der Waals surface area contributed by atoms with Gasteiger partial charge < -0.3 is 20.5 Å². The molecular weight excluding hydrogens is 232 g/mol. The maximum absolute atomic E-state index is 11.3. The van der Waals surface area contributed by atoms with Gasteiger partial charge in [-0.05, 0) is 19.3 Å². The molecule has 2 amide bonds. The standard InChI is InChI=1S/C13H26N2O3/c16-10-5-8-14-13(17)15-9-11-18-12-6-3-1-2-4-7-12/h12,16H,1-11H2,(H2,14,15,17). The van der Waals surface area contributed by atoms with Gasteiger partial charge in [0, 0.05) is 19.7 Å². The minimum absolute atomic E-state index is 0.102. The molecule has 5 heteroatoms. The molecule has 0 heterocycles. The molecule has 0 atom stereocenters. The summed E-state index contributed by atoms with van der Waals surface area (Å²) in [6, 6.07) is -0.187. The summed E-state index contributed by atoms with van der Waals surface area (Å²) >= 11 is 0. The number of carbonyl (C=O) groups excluding carboxylic acids is 1. The third kappa shape index (κ3) is 7.50. The number of amides is 2. The molecule has 0 spiro atoms. The van der Waals surface area contributed by atoms with E-state index in [1.807, 2.05) is 0 Å². The van der Waals surface area contributed by atoms with Crippen LogP contribution in [0.3, 0.4) is 0 Å². The highest BCUT2D eigenvalue weighted by Gasteiger charge is 2.12. The number of ether oxygens (including phenoxy) is 1. The van der Waals surface area contributed by atoms with Crippen LogP contribution in [0.1, 0.15) is 44.9 Å². The average Bonchev–Trinajstić information content (AvgIpc) is 2.63. The van der Waals surface area contributed by atoms with Gasteiger partial charge in [0.15, 0.2) is 0 Å². The van der Waals surface area contributed by atoms with Crippen molar-refractivity contribution in [2.24, 2.45) is 0 Å². The van der Waals surface area contributed by atoms with Crippen molar-refractivity contribution in [1.82, 2.24) is 10.6 Å². The fraction of sp³-hybridized carbons (Fsp3) is 0.923. The van der Waals surface area contributed by atoms with Crippen LogP contribution in [0.25, 0.3) is 0 Å². The van der Waals surface area contributed by atoms with E-state index in [1.165, 1.54) is 25.7 Å². The highest BCUT2D eigenvalue weighted by molar-refractivity contribution is 5.73. The van der Waals surface area contributed by atoms with Gasteiger partial charge in [0.1, 0.15) is 0 Å². The smallest absolute Gasteiger partial charge is 0.314 e. The maximum Gasteiger partial charge on any atom is 0.314 e. The first-order valence-electron chi connectivity index (χ1n) is 7.07. The third-order valence-electron chi connectivity index (χ3n) is 3.16. The molecule has 0 aromatic rings. The summed E-state index contributed by atoms with van der Waals surface area (Å²) < 4.78 is 5.76. The van der Waals surface area contributed by atoms with Gasteiger partial charge in [-0.2, -0.15) is 0 Å². The minimum Gasteiger partial charge on any atom is -0.396 e. The number of aliphatic hydroxyl groups is 1. The zero-order chi connectivity index (χ0) is 13.1. The topological polar surface area (TPSA) is 70.6 Å². The summed E-state index contributed by atoms with van der Waals surface area (Å²) in [7, 11) is 0. The van der Waals surface area contributed by atoms with E-state index in [0.717, 1.165) is 12.8 Å². The first-order valence-corrected chi connectivity index (χ1v) is 7.07. The largest absolute Gasteiger partial charge is 0.396 e. The van der Waals surface area contributed by atoms with Gasteiger partial charge in [-0.15, -0.1) is 0 Å². The molecule has 106 valence electrons. The third-order valence-corrected chi connectivity index (χ3v) is 3.16. The Bertz CT molecular complexity index is 216. The molecule has 0 aromatic heterocycles. The minimum atomic E-state index is -0.187. The Hall–Kier alpha value is -0.810. The molecule has 1 aliphatic carbocycles. The zero-order valence-corrected chi connectivity index (χ0v) is 11.1. The normalized spacial score (nSPS) is 17.2. The van der Waals surface area contributed by atoms with Gasteiger partial charge in [-0.1, -0.05) is 25.7 Å². The lowest BCUT2D eigenvalue weighted by molar-refractivity contribution is 0.0460. The SMILES string of the molecule is O=C(NCCCO)NCCOC1CCCCCC1. The van der Waals surface area contributed by atoms with Crippen LogP contribution in [0.15, 0.2) is 0 Å². The van der Waals surface area contributed by atoms with E-state index < -0.39 is 0 Å². The summed E-state index contributed by atoms with van der Waals surface area (Å²) in [5.41, 5.74) is 0. The lowest BCUT2D eigenvalue weighted by Crippen LogP contribution is -2.38. The predicted octanol–water partition coefficient (Wildman–Crippen LogP) is 1.41. The highest BCUT2D eigenvalue weighted by atomic mass is 16.5. The van der Waals surface area contributed by atoms with Crippen LogP contribution in [0, 0.1) is 0 Å². The van der Waals surface area contributed by atoms with Crippen LogP contribution in [-0.4, -0.2) is 43.5 Å². The van der Waals surface area contributed by atoms with Gasteiger partial charge in [-0.3, -0.25) is 0 Å². The van der Waals surface area contributed by atoms with Crippen molar-refractivity contribution >= 4 is 6.03 Å². The molecule has 5 nitrogen and oxygen atoms in total. The van der Waals surface area contributed by atoms with Gasteiger partial charge >= 0.3 is 6.03 Å². The van der Waals surface area contributed by atoms with Crippen molar-refractivity contribution < 1.29 is 14.6 Å². The second-order valence-corrected chi connectivity index (χ2v) is 4.74. The van der Waals surface area contributed by atoms with Crippen LogP contribution in [0.2, 0.25) is 0 Å². The Labute approximate surface area is 109 Å². The molecule has 0 bridgehead atoms. The lowest BCUT2D eigenvalue weighted by atomic mass is 10.1. The maximum atomic E-state index is 11.3. The number of hydrogen-bond donors (Lipinski definition) is 3. The second kappa shape index (κ2) is 10.1.